The van der Waals surface area contributed by atoms with E-state index in [1.165, 1.54) is 29.2 Å². The van der Waals surface area contributed by atoms with Crippen molar-refractivity contribution in [1.82, 2.24) is 10.2 Å². The van der Waals surface area contributed by atoms with Crippen molar-refractivity contribution < 1.29 is 27.1 Å². The highest BCUT2D eigenvalue weighted by Gasteiger charge is 2.35. The lowest BCUT2D eigenvalue weighted by atomic mass is 10.0. The second-order valence-electron chi connectivity index (χ2n) is 12.8. The third-order valence-corrected chi connectivity index (χ3v) is 9.54. The number of amides is 2. The Balaban J connectivity index is 1.56. The maximum atomic E-state index is 14.6. The van der Waals surface area contributed by atoms with Crippen molar-refractivity contribution in [2.24, 2.45) is 0 Å². The number of carbonyl (C=O) groups is 2. The Kier molecular flexibility index (Phi) is 11.3. The molecule has 1 N–H and O–H groups in total. The molecule has 0 radical (unpaired) electrons. The van der Waals surface area contributed by atoms with Crippen molar-refractivity contribution in [2.75, 3.05) is 10.8 Å². The highest BCUT2D eigenvalue weighted by molar-refractivity contribution is 7.92. The molecule has 0 aromatic heterocycles. The number of rotatable bonds is 13. The molecule has 258 valence electrons. The van der Waals surface area contributed by atoms with Gasteiger partial charge in [0, 0.05) is 18.5 Å². The van der Waals surface area contributed by atoms with E-state index in [4.69, 9.17) is 4.74 Å². The minimum Gasteiger partial charge on any atom is -0.457 e. The Morgan fingerprint density at radius 3 is 1.84 bits per heavy atom. The van der Waals surface area contributed by atoms with Gasteiger partial charge in [-0.05, 0) is 92.6 Å². The normalized spacial score (nSPS) is 12.1. The molecule has 0 bridgehead atoms. The number of anilines is 1. The van der Waals surface area contributed by atoms with Crippen LogP contribution in [0.2, 0.25) is 0 Å². The maximum absolute atomic E-state index is 14.6. The molecule has 0 aliphatic heterocycles. The van der Waals surface area contributed by atoms with Crippen LogP contribution in [0.1, 0.15) is 31.9 Å². The van der Waals surface area contributed by atoms with E-state index in [9.17, 15) is 22.4 Å². The lowest BCUT2D eigenvalue weighted by molar-refractivity contribution is -0.140. The Labute approximate surface area is 293 Å². The lowest BCUT2D eigenvalue weighted by Gasteiger charge is -2.35. The van der Waals surface area contributed by atoms with E-state index in [1.807, 2.05) is 69.3 Å². The number of halogens is 1. The molecular weight excluding hydrogens is 654 g/mol. The van der Waals surface area contributed by atoms with Gasteiger partial charge in [0.25, 0.3) is 10.0 Å². The van der Waals surface area contributed by atoms with Crippen molar-refractivity contribution >= 4 is 27.5 Å². The first kappa shape index (κ1) is 35.8. The number of sulfonamides is 1. The fourth-order valence-electron chi connectivity index (χ4n) is 5.35. The minimum atomic E-state index is -4.27. The molecule has 8 nitrogen and oxygen atoms in total. The Morgan fingerprint density at radius 1 is 0.720 bits per heavy atom. The summed E-state index contributed by atoms with van der Waals surface area (Å²) in [5, 5.41) is 3.00. The summed E-state index contributed by atoms with van der Waals surface area (Å²) < 4.78 is 49.4. The smallest absolute Gasteiger partial charge is 0.264 e. The molecule has 0 heterocycles. The number of ether oxygens (including phenoxy) is 1. The van der Waals surface area contributed by atoms with Crippen molar-refractivity contribution in [3.8, 4) is 11.5 Å². The van der Waals surface area contributed by atoms with Crippen LogP contribution < -0.4 is 14.4 Å². The van der Waals surface area contributed by atoms with E-state index >= 15 is 0 Å². The van der Waals surface area contributed by atoms with Crippen LogP contribution in [-0.2, 0) is 32.6 Å². The van der Waals surface area contributed by atoms with Gasteiger partial charge in [-0.15, -0.1) is 0 Å². The third-order valence-electron chi connectivity index (χ3n) is 7.75. The Bertz CT molecular complexity index is 1970. The predicted molar refractivity (Wildman–Crippen MR) is 193 cm³/mol. The van der Waals surface area contributed by atoms with E-state index < -0.39 is 45.8 Å². The molecule has 5 aromatic carbocycles. The number of para-hydroxylation sites is 1. The summed E-state index contributed by atoms with van der Waals surface area (Å²) >= 11 is 0. The molecule has 0 aliphatic rings. The third kappa shape index (κ3) is 9.57. The van der Waals surface area contributed by atoms with Crippen LogP contribution in [0.15, 0.2) is 144 Å². The average Bonchev–Trinajstić information content (AvgIpc) is 3.10. The molecule has 0 aliphatic carbocycles. The molecule has 1 atom stereocenters. The van der Waals surface area contributed by atoms with Crippen LogP contribution in [0.4, 0.5) is 10.1 Å². The van der Waals surface area contributed by atoms with Gasteiger partial charge in [0.05, 0.1) is 10.6 Å². The van der Waals surface area contributed by atoms with Crippen LogP contribution in [0.3, 0.4) is 0 Å². The second-order valence-corrected chi connectivity index (χ2v) is 14.7. The lowest BCUT2D eigenvalue weighted by Crippen LogP contribution is -2.56. The monoisotopic (exact) mass is 693 g/mol. The molecule has 0 saturated heterocycles. The summed E-state index contributed by atoms with van der Waals surface area (Å²) in [6.07, 6.45) is 0.159. The Morgan fingerprint density at radius 2 is 1.26 bits per heavy atom. The highest BCUT2D eigenvalue weighted by atomic mass is 32.2. The van der Waals surface area contributed by atoms with Gasteiger partial charge in [0.1, 0.15) is 29.9 Å². The largest absolute Gasteiger partial charge is 0.457 e. The van der Waals surface area contributed by atoms with E-state index in [-0.39, 0.29) is 23.5 Å². The molecule has 0 saturated carbocycles. The first-order chi connectivity index (χ1) is 23.9. The molecule has 5 rings (SSSR count). The summed E-state index contributed by atoms with van der Waals surface area (Å²) in [5.41, 5.74) is 0.980. The first-order valence-electron chi connectivity index (χ1n) is 16.2. The van der Waals surface area contributed by atoms with Crippen LogP contribution in [0.5, 0.6) is 11.5 Å². The van der Waals surface area contributed by atoms with E-state index in [2.05, 4.69) is 5.32 Å². The summed E-state index contributed by atoms with van der Waals surface area (Å²) in [5.74, 6) is -0.389. The molecule has 50 heavy (non-hydrogen) atoms. The SMILES string of the molecule is CC(C)(C)NC(=O)C(Cc1ccccc1)N(Cc1ccc(F)cc1)C(=O)CN(c1ccc(Oc2ccccc2)cc1)S(=O)(=O)c1ccccc1. The number of carbonyl (C=O) groups excluding carboxylic acids is 2. The van der Waals surface area contributed by atoms with Crippen LogP contribution in [0, 0.1) is 5.82 Å². The number of hydrogen-bond acceptors (Lipinski definition) is 5. The fourth-order valence-corrected chi connectivity index (χ4v) is 6.78. The summed E-state index contributed by atoms with van der Waals surface area (Å²) in [4.78, 5) is 30.0. The second kappa shape index (κ2) is 15.8. The summed E-state index contributed by atoms with van der Waals surface area (Å²) in [7, 11) is -4.27. The topological polar surface area (TPSA) is 96.0 Å². The predicted octanol–water partition coefficient (Wildman–Crippen LogP) is 7.37. The average molecular weight is 694 g/mol. The quantitative estimate of drug-likeness (QED) is 0.139. The van der Waals surface area contributed by atoms with Gasteiger partial charge >= 0.3 is 0 Å². The number of hydrogen-bond donors (Lipinski definition) is 1. The molecule has 10 heteroatoms. The fraction of sp³-hybridized carbons (Fsp3) is 0.200. The maximum Gasteiger partial charge on any atom is 0.264 e. The van der Waals surface area contributed by atoms with Gasteiger partial charge in [-0.1, -0.05) is 78.9 Å². The highest BCUT2D eigenvalue weighted by Crippen LogP contribution is 2.29. The Hall–Kier alpha value is -5.48. The zero-order chi connectivity index (χ0) is 35.7. The van der Waals surface area contributed by atoms with Gasteiger partial charge in [0.15, 0.2) is 0 Å². The standard InChI is InChI=1S/C40H40FN3O5S/c1-40(2,3)42-39(46)37(27-30-13-7-4-8-14-30)43(28-31-19-21-32(41)22-20-31)38(45)29-44(50(47,48)36-17-11-6-12-18-36)33-23-25-35(26-24-33)49-34-15-9-5-10-16-34/h4-26,37H,27-29H2,1-3H3,(H,42,46). The van der Waals surface area contributed by atoms with Gasteiger partial charge in [-0.25, -0.2) is 12.8 Å². The van der Waals surface area contributed by atoms with Crippen molar-refractivity contribution in [1.29, 1.82) is 0 Å². The molecule has 2 amide bonds. The summed E-state index contributed by atoms with van der Waals surface area (Å²) in [6.45, 7) is 4.84. The van der Waals surface area contributed by atoms with Crippen molar-refractivity contribution in [3.63, 3.8) is 0 Å². The number of nitrogens with one attached hydrogen (secondary N) is 1. The molecule has 1 unspecified atom stereocenters. The van der Waals surface area contributed by atoms with Crippen LogP contribution in [-0.4, -0.2) is 43.3 Å². The zero-order valence-corrected chi connectivity index (χ0v) is 29.0. The summed E-state index contributed by atoms with van der Waals surface area (Å²) in [6, 6.07) is 37.3. The number of benzene rings is 5. The van der Waals surface area contributed by atoms with E-state index in [0.29, 0.717) is 17.1 Å². The van der Waals surface area contributed by atoms with Gasteiger partial charge in [-0.2, -0.15) is 0 Å². The van der Waals surface area contributed by atoms with Crippen LogP contribution >= 0.6 is 0 Å². The molecule has 0 fully saturated rings. The molecule has 5 aromatic rings. The molecule has 0 spiro atoms. The van der Waals surface area contributed by atoms with Gasteiger partial charge in [-0.3, -0.25) is 13.9 Å². The van der Waals surface area contributed by atoms with E-state index in [0.717, 1.165) is 9.87 Å². The molecular formula is C40H40FN3O5S. The zero-order valence-electron chi connectivity index (χ0n) is 28.2. The van der Waals surface area contributed by atoms with Crippen molar-refractivity contribution in [3.05, 3.63) is 156 Å². The minimum absolute atomic E-state index is 0.00573. The van der Waals surface area contributed by atoms with E-state index in [1.54, 1.807) is 66.7 Å². The van der Waals surface area contributed by atoms with Crippen LogP contribution in [0.25, 0.3) is 0 Å². The van der Waals surface area contributed by atoms with Gasteiger partial charge < -0.3 is 15.0 Å². The van der Waals surface area contributed by atoms with Crippen molar-refractivity contribution in [2.45, 2.75) is 50.2 Å². The van der Waals surface area contributed by atoms with Gasteiger partial charge in [0.2, 0.25) is 11.8 Å². The number of nitrogens with zero attached hydrogens (tertiary/aromatic N) is 2. The first-order valence-corrected chi connectivity index (χ1v) is 17.6.